The first-order chi connectivity index (χ1) is 3.72. The molecule has 0 saturated carbocycles. The first-order valence-electron chi connectivity index (χ1n) is 2.33. The molecule has 1 aliphatic heterocycles. The average molecular weight is 139 g/mol. The van der Waals surface area contributed by atoms with Crippen molar-refractivity contribution in [3.05, 3.63) is 0 Å². The summed E-state index contributed by atoms with van der Waals surface area (Å²) in [6, 6.07) is 0. The van der Waals surface area contributed by atoms with Crippen LogP contribution in [0.15, 0.2) is 0 Å². The van der Waals surface area contributed by atoms with Gasteiger partial charge < -0.3 is 14.9 Å². The number of ether oxygens (including phenoxy) is 1. The molecule has 0 bridgehead atoms. The summed E-state index contributed by atoms with van der Waals surface area (Å²) in [4.78, 5) is 0. The topological polar surface area (TPSA) is 49.7 Å². The van der Waals surface area contributed by atoms with E-state index in [1.807, 2.05) is 0 Å². The molecule has 0 spiro atoms. The molecule has 1 saturated heterocycles. The van der Waals surface area contributed by atoms with Gasteiger partial charge in [-0.25, -0.2) is 0 Å². The van der Waals surface area contributed by atoms with E-state index >= 15 is 0 Å². The van der Waals surface area contributed by atoms with Gasteiger partial charge in [-0.2, -0.15) is 0 Å². The molecule has 0 aliphatic carbocycles. The smallest absolute Gasteiger partial charge is 0.159 e. The maximum absolute atomic E-state index is 8.76. The van der Waals surface area contributed by atoms with Crippen LogP contribution in [-0.4, -0.2) is 34.6 Å². The molecule has 2 N–H and O–H groups in total. The molecule has 1 aliphatic rings. The van der Waals surface area contributed by atoms with Crippen molar-refractivity contribution in [1.82, 2.24) is 0 Å². The minimum Gasteiger partial charge on any atom is -0.388 e. The van der Waals surface area contributed by atoms with Crippen molar-refractivity contribution in [3.8, 4) is 0 Å². The Bertz CT molecular complexity index is 77.4. The third-order valence-electron chi connectivity index (χ3n) is 1.09. The molecular weight excluding hydrogens is 131 g/mol. The van der Waals surface area contributed by atoms with Gasteiger partial charge in [0.15, 0.2) is 5.56 Å². The number of aliphatic hydroxyl groups is 2. The monoisotopic (exact) mass is 138 g/mol. The number of hydrogen-bond acceptors (Lipinski definition) is 3. The van der Waals surface area contributed by atoms with Crippen molar-refractivity contribution in [2.24, 2.45) is 0 Å². The van der Waals surface area contributed by atoms with Crippen molar-refractivity contribution in [3.63, 3.8) is 0 Å². The van der Waals surface area contributed by atoms with E-state index in [-0.39, 0.29) is 6.61 Å². The minimum absolute atomic E-state index is 0.134. The Balaban J connectivity index is 2.44. The standard InChI is InChI=1S/C4H7ClO3/c5-4-3(7)2(6)1-8-4/h2-4,6-7H,1H2/t2-,3-,4?/m1/s1. The molecule has 4 heteroatoms. The van der Waals surface area contributed by atoms with Gasteiger partial charge in [-0.3, -0.25) is 0 Å². The minimum atomic E-state index is -0.920. The molecule has 1 rings (SSSR count). The van der Waals surface area contributed by atoms with Gasteiger partial charge in [0.2, 0.25) is 0 Å². The van der Waals surface area contributed by atoms with Crippen LogP contribution in [0.2, 0.25) is 0 Å². The highest BCUT2D eigenvalue weighted by molar-refractivity contribution is 6.20. The van der Waals surface area contributed by atoms with E-state index in [1.54, 1.807) is 0 Å². The van der Waals surface area contributed by atoms with Crippen molar-refractivity contribution < 1.29 is 14.9 Å². The summed E-state index contributed by atoms with van der Waals surface area (Å²) < 4.78 is 4.64. The maximum Gasteiger partial charge on any atom is 0.159 e. The highest BCUT2D eigenvalue weighted by Crippen LogP contribution is 2.16. The third-order valence-corrected chi connectivity index (χ3v) is 1.47. The summed E-state index contributed by atoms with van der Waals surface area (Å²) in [6.07, 6.45) is -1.73. The van der Waals surface area contributed by atoms with Crippen molar-refractivity contribution in [2.75, 3.05) is 6.61 Å². The first kappa shape index (κ1) is 6.29. The van der Waals surface area contributed by atoms with Crippen molar-refractivity contribution in [1.29, 1.82) is 0 Å². The van der Waals surface area contributed by atoms with E-state index in [2.05, 4.69) is 4.74 Å². The van der Waals surface area contributed by atoms with Crippen LogP contribution >= 0.6 is 11.6 Å². The highest BCUT2D eigenvalue weighted by atomic mass is 35.5. The molecule has 1 unspecified atom stereocenters. The number of hydrogen-bond donors (Lipinski definition) is 2. The Labute approximate surface area is 51.8 Å². The normalized spacial score (nSPS) is 47.6. The molecule has 3 atom stereocenters. The number of rotatable bonds is 0. The maximum atomic E-state index is 8.76. The van der Waals surface area contributed by atoms with E-state index in [9.17, 15) is 0 Å². The van der Waals surface area contributed by atoms with E-state index in [1.165, 1.54) is 0 Å². The van der Waals surface area contributed by atoms with Crippen LogP contribution in [0.5, 0.6) is 0 Å². The summed E-state index contributed by atoms with van der Waals surface area (Å²) in [5.41, 5.74) is -0.731. The third kappa shape index (κ3) is 0.951. The van der Waals surface area contributed by atoms with Crippen LogP contribution in [0.25, 0.3) is 0 Å². The SMILES string of the molecule is O[C@@H]1COC(Cl)[C@@H]1O. The van der Waals surface area contributed by atoms with Crippen LogP contribution in [0, 0.1) is 0 Å². The Hall–Kier alpha value is 0.170. The predicted octanol–water partition coefficient (Wildman–Crippen LogP) is -0.697. The fourth-order valence-corrected chi connectivity index (χ4v) is 0.803. The second-order valence-electron chi connectivity index (χ2n) is 1.74. The Morgan fingerprint density at radius 1 is 1.50 bits per heavy atom. The molecule has 0 aromatic rings. The van der Waals surface area contributed by atoms with Crippen molar-refractivity contribution in [2.45, 2.75) is 17.8 Å². The van der Waals surface area contributed by atoms with E-state index < -0.39 is 17.8 Å². The zero-order valence-corrected chi connectivity index (χ0v) is 4.88. The van der Waals surface area contributed by atoms with Crippen LogP contribution in [0.3, 0.4) is 0 Å². The number of halogens is 1. The number of alkyl halides is 1. The number of aliphatic hydroxyl groups excluding tert-OH is 2. The Morgan fingerprint density at radius 3 is 2.25 bits per heavy atom. The van der Waals surface area contributed by atoms with Crippen LogP contribution in [0.1, 0.15) is 0 Å². The van der Waals surface area contributed by atoms with Gasteiger partial charge in [-0.15, -0.1) is 0 Å². The van der Waals surface area contributed by atoms with Gasteiger partial charge in [0.1, 0.15) is 12.2 Å². The van der Waals surface area contributed by atoms with E-state index in [0.29, 0.717) is 0 Å². The van der Waals surface area contributed by atoms with Gasteiger partial charge in [0.25, 0.3) is 0 Å². The zero-order valence-electron chi connectivity index (χ0n) is 4.12. The Kier molecular flexibility index (Phi) is 1.72. The van der Waals surface area contributed by atoms with Crippen molar-refractivity contribution >= 4 is 11.6 Å². The van der Waals surface area contributed by atoms with Gasteiger partial charge >= 0.3 is 0 Å². The predicted molar refractivity (Wildman–Crippen MR) is 27.6 cm³/mol. The summed E-state index contributed by atoms with van der Waals surface area (Å²) in [7, 11) is 0. The summed E-state index contributed by atoms with van der Waals surface area (Å²) in [5.74, 6) is 0. The lowest BCUT2D eigenvalue weighted by molar-refractivity contribution is 0.0503. The first-order valence-corrected chi connectivity index (χ1v) is 2.77. The molecule has 48 valence electrons. The second-order valence-corrected chi connectivity index (χ2v) is 2.17. The summed E-state index contributed by atoms with van der Waals surface area (Å²) in [6.45, 7) is 0.134. The lowest BCUT2D eigenvalue weighted by atomic mass is 10.3. The lowest BCUT2D eigenvalue weighted by Gasteiger charge is -2.05. The fourth-order valence-electron chi connectivity index (χ4n) is 0.562. The highest BCUT2D eigenvalue weighted by Gasteiger charge is 2.32. The molecule has 0 aromatic carbocycles. The lowest BCUT2D eigenvalue weighted by Crippen LogP contribution is -2.26. The molecule has 1 fully saturated rings. The fraction of sp³-hybridized carbons (Fsp3) is 1.00. The molecule has 0 aromatic heterocycles. The Morgan fingerprint density at radius 2 is 2.12 bits per heavy atom. The average Bonchev–Trinajstić information content (AvgIpc) is 1.98. The zero-order chi connectivity index (χ0) is 6.15. The summed E-state index contributed by atoms with van der Waals surface area (Å²) in [5, 5.41) is 17.5. The van der Waals surface area contributed by atoms with E-state index in [0.717, 1.165) is 0 Å². The quantitative estimate of drug-likeness (QED) is 0.436. The molecule has 0 amide bonds. The largest absolute Gasteiger partial charge is 0.388 e. The molecular formula is C4H7ClO3. The van der Waals surface area contributed by atoms with Gasteiger partial charge in [0.05, 0.1) is 6.61 Å². The van der Waals surface area contributed by atoms with Gasteiger partial charge in [-0.1, -0.05) is 11.6 Å². The second kappa shape index (κ2) is 2.19. The van der Waals surface area contributed by atoms with Gasteiger partial charge in [0, 0.05) is 0 Å². The van der Waals surface area contributed by atoms with Crippen LogP contribution in [-0.2, 0) is 4.74 Å². The van der Waals surface area contributed by atoms with Crippen LogP contribution in [0.4, 0.5) is 0 Å². The molecule has 1 heterocycles. The molecule has 8 heavy (non-hydrogen) atoms. The van der Waals surface area contributed by atoms with E-state index in [4.69, 9.17) is 21.8 Å². The summed E-state index contributed by atoms with van der Waals surface area (Å²) >= 11 is 5.33. The van der Waals surface area contributed by atoms with Gasteiger partial charge in [-0.05, 0) is 0 Å². The molecule has 3 nitrogen and oxygen atoms in total. The van der Waals surface area contributed by atoms with Crippen LogP contribution < -0.4 is 0 Å². The molecule has 0 radical (unpaired) electrons.